The van der Waals surface area contributed by atoms with Crippen LogP contribution >= 0.6 is 0 Å². The number of rotatable bonds is 5. The van der Waals surface area contributed by atoms with Crippen molar-refractivity contribution in [1.82, 2.24) is 10.3 Å². The molecule has 0 aliphatic rings. The number of anilines is 2. The summed E-state index contributed by atoms with van der Waals surface area (Å²) >= 11 is 0. The summed E-state index contributed by atoms with van der Waals surface area (Å²) in [5.41, 5.74) is 1.75. The molecule has 0 saturated heterocycles. The average molecular weight is 311 g/mol. The number of hydrogen-bond donors (Lipinski definition) is 2. The Morgan fingerprint density at radius 2 is 1.87 bits per heavy atom. The second-order valence-corrected chi connectivity index (χ2v) is 4.83. The van der Waals surface area contributed by atoms with E-state index in [2.05, 4.69) is 15.6 Å². The third kappa shape index (κ3) is 3.94. The van der Waals surface area contributed by atoms with Crippen LogP contribution in [0.2, 0.25) is 0 Å². The molecule has 0 aliphatic carbocycles. The number of pyridine rings is 1. The van der Waals surface area contributed by atoms with Gasteiger partial charge in [0.1, 0.15) is 17.3 Å². The van der Waals surface area contributed by atoms with Crippen molar-refractivity contribution in [3.05, 3.63) is 78.3 Å². The number of carbonyl (C=O) groups is 1. The Morgan fingerprint density at radius 1 is 1.09 bits per heavy atom. The van der Waals surface area contributed by atoms with Gasteiger partial charge in [0.25, 0.3) is 5.91 Å². The van der Waals surface area contributed by atoms with Crippen LogP contribution in [0.5, 0.6) is 0 Å². The quantitative estimate of drug-likeness (QED) is 0.757. The molecule has 116 valence electrons. The minimum atomic E-state index is -0.294. The largest absolute Gasteiger partial charge is 0.467 e. The van der Waals surface area contributed by atoms with Crippen LogP contribution in [-0.4, -0.2) is 10.9 Å². The van der Waals surface area contributed by atoms with Crippen LogP contribution in [0.15, 0.2) is 65.4 Å². The molecular formula is C17H14FN3O2. The molecular weight excluding hydrogens is 297 g/mol. The molecule has 0 atom stereocenters. The zero-order valence-electron chi connectivity index (χ0n) is 12.1. The number of aromatic nitrogens is 1. The third-order valence-electron chi connectivity index (χ3n) is 3.13. The van der Waals surface area contributed by atoms with Crippen molar-refractivity contribution in [2.45, 2.75) is 6.54 Å². The van der Waals surface area contributed by atoms with Gasteiger partial charge in [-0.3, -0.25) is 4.79 Å². The maximum atomic E-state index is 12.9. The molecule has 0 fully saturated rings. The summed E-state index contributed by atoms with van der Waals surface area (Å²) in [5, 5.41) is 5.80. The van der Waals surface area contributed by atoms with Crippen LogP contribution in [0.1, 0.15) is 16.2 Å². The van der Waals surface area contributed by atoms with Gasteiger partial charge >= 0.3 is 0 Å². The Hall–Kier alpha value is -3.15. The van der Waals surface area contributed by atoms with Gasteiger partial charge in [0.2, 0.25) is 0 Å². The highest BCUT2D eigenvalue weighted by Gasteiger charge is 2.07. The van der Waals surface area contributed by atoms with E-state index in [4.69, 9.17) is 4.42 Å². The maximum Gasteiger partial charge on any atom is 0.270 e. The minimum absolute atomic E-state index is 0.283. The molecule has 0 saturated carbocycles. The number of nitrogens with one attached hydrogen (secondary N) is 2. The number of hydrogen-bond acceptors (Lipinski definition) is 4. The minimum Gasteiger partial charge on any atom is -0.467 e. The van der Waals surface area contributed by atoms with Gasteiger partial charge in [0.15, 0.2) is 0 Å². The normalized spacial score (nSPS) is 10.3. The Kier molecular flexibility index (Phi) is 4.33. The number of amides is 1. The first-order valence-electron chi connectivity index (χ1n) is 7.00. The van der Waals surface area contributed by atoms with Gasteiger partial charge in [0.05, 0.1) is 24.7 Å². The summed E-state index contributed by atoms with van der Waals surface area (Å²) in [6, 6.07) is 12.9. The van der Waals surface area contributed by atoms with Crippen molar-refractivity contribution in [1.29, 1.82) is 0 Å². The van der Waals surface area contributed by atoms with Crippen molar-refractivity contribution in [3.63, 3.8) is 0 Å². The van der Waals surface area contributed by atoms with Crippen LogP contribution < -0.4 is 10.6 Å². The van der Waals surface area contributed by atoms with Crippen LogP contribution in [0.4, 0.5) is 15.8 Å². The summed E-state index contributed by atoms with van der Waals surface area (Å²) in [6.45, 7) is 0.309. The lowest BCUT2D eigenvalue weighted by Crippen LogP contribution is -2.23. The van der Waals surface area contributed by atoms with Gasteiger partial charge in [-0.15, -0.1) is 0 Å². The molecule has 0 aliphatic heterocycles. The first-order chi connectivity index (χ1) is 11.2. The number of furan rings is 1. The predicted octanol–water partition coefficient (Wildman–Crippen LogP) is 3.49. The lowest BCUT2D eigenvalue weighted by atomic mass is 10.2. The Morgan fingerprint density at radius 3 is 2.52 bits per heavy atom. The molecule has 2 heterocycles. The highest BCUT2D eigenvalue weighted by atomic mass is 19.1. The van der Waals surface area contributed by atoms with E-state index in [1.165, 1.54) is 12.1 Å². The standard InChI is InChI=1S/C17H14FN3O2/c18-12-3-5-13(6-4-12)21-14-7-8-16(19-10-14)17(22)20-11-15-2-1-9-23-15/h1-10,21H,11H2,(H,20,22). The van der Waals surface area contributed by atoms with Gasteiger partial charge in [-0.1, -0.05) is 0 Å². The lowest BCUT2D eigenvalue weighted by molar-refractivity contribution is 0.0943. The van der Waals surface area contributed by atoms with Crippen LogP contribution in [-0.2, 0) is 6.54 Å². The molecule has 1 aromatic carbocycles. The van der Waals surface area contributed by atoms with E-state index in [1.54, 1.807) is 48.9 Å². The summed E-state index contributed by atoms with van der Waals surface area (Å²) in [5.74, 6) is 0.0972. The number of halogens is 1. The molecule has 0 radical (unpaired) electrons. The molecule has 2 N–H and O–H groups in total. The SMILES string of the molecule is O=C(NCc1ccco1)c1ccc(Nc2ccc(F)cc2)cn1. The summed E-state index contributed by atoms with van der Waals surface area (Å²) in [6.07, 6.45) is 3.10. The van der Waals surface area contributed by atoms with E-state index in [9.17, 15) is 9.18 Å². The van der Waals surface area contributed by atoms with E-state index in [0.717, 1.165) is 5.69 Å². The molecule has 0 bridgehead atoms. The van der Waals surface area contributed by atoms with Crippen molar-refractivity contribution in [3.8, 4) is 0 Å². The zero-order valence-corrected chi connectivity index (χ0v) is 12.1. The fourth-order valence-electron chi connectivity index (χ4n) is 1.97. The van der Waals surface area contributed by atoms with Gasteiger partial charge in [-0.25, -0.2) is 9.37 Å². The molecule has 3 aromatic rings. The van der Waals surface area contributed by atoms with Gasteiger partial charge < -0.3 is 15.1 Å². The lowest BCUT2D eigenvalue weighted by Gasteiger charge is -2.07. The second kappa shape index (κ2) is 6.74. The fourth-order valence-corrected chi connectivity index (χ4v) is 1.97. The molecule has 5 nitrogen and oxygen atoms in total. The maximum absolute atomic E-state index is 12.9. The molecule has 0 spiro atoms. The number of carbonyl (C=O) groups excluding carboxylic acids is 1. The summed E-state index contributed by atoms with van der Waals surface area (Å²) in [4.78, 5) is 16.1. The second-order valence-electron chi connectivity index (χ2n) is 4.83. The topological polar surface area (TPSA) is 67.2 Å². The smallest absolute Gasteiger partial charge is 0.270 e. The van der Waals surface area contributed by atoms with E-state index in [0.29, 0.717) is 23.7 Å². The molecule has 0 unspecified atom stereocenters. The molecule has 2 aromatic heterocycles. The molecule has 3 rings (SSSR count). The molecule has 1 amide bonds. The summed E-state index contributed by atoms with van der Waals surface area (Å²) < 4.78 is 18.0. The van der Waals surface area contributed by atoms with Crippen molar-refractivity contribution in [2.24, 2.45) is 0 Å². The van der Waals surface area contributed by atoms with Gasteiger partial charge in [0, 0.05) is 5.69 Å². The summed E-state index contributed by atoms with van der Waals surface area (Å²) in [7, 11) is 0. The van der Waals surface area contributed by atoms with Crippen molar-refractivity contribution < 1.29 is 13.6 Å². The molecule has 23 heavy (non-hydrogen) atoms. The fraction of sp³-hybridized carbons (Fsp3) is 0.0588. The Balaban J connectivity index is 1.59. The van der Waals surface area contributed by atoms with E-state index < -0.39 is 0 Å². The first-order valence-corrected chi connectivity index (χ1v) is 7.00. The van der Waals surface area contributed by atoms with E-state index >= 15 is 0 Å². The van der Waals surface area contributed by atoms with E-state index in [-0.39, 0.29) is 11.7 Å². The highest BCUT2D eigenvalue weighted by molar-refractivity contribution is 5.92. The number of benzene rings is 1. The van der Waals surface area contributed by atoms with Crippen LogP contribution in [0, 0.1) is 5.82 Å². The first kappa shape index (κ1) is 14.8. The van der Waals surface area contributed by atoms with Crippen molar-refractivity contribution >= 4 is 17.3 Å². The number of nitrogens with zero attached hydrogens (tertiary/aromatic N) is 1. The zero-order chi connectivity index (χ0) is 16.1. The van der Waals surface area contributed by atoms with Gasteiger partial charge in [-0.05, 0) is 48.5 Å². The average Bonchev–Trinajstić information content (AvgIpc) is 3.09. The Labute approximate surface area is 132 Å². The highest BCUT2D eigenvalue weighted by Crippen LogP contribution is 2.16. The molecule has 6 heteroatoms. The van der Waals surface area contributed by atoms with Crippen LogP contribution in [0.3, 0.4) is 0 Å². The monoisotopic (exact) mass is 311 g/mol. The van der Waals surface area contributed by atoms with Crippen molar-refractivity contribution in [2.75, 3.05) is 5.32 Å². The predicted molar refractivity (Wildman–Crippen MR) is 83.8 cm³/mol. The van der Waals surface area contributed by atoms with E-state index in [1.807, 2.05) is 0 Å². The Bertz CT molecular complexity index is 769. The van der Waals surface area contributed by atoms with Gasteiger partial charge in [-0.2, -0.15) is 0 Å². The van der Waals surface area contributed by atoms with Crippen LogP contribution in [0.25, 0.3) is 0 Å². The third-order valence-corrected chi connectivity index (χ3v) is 3.13.